The van der Waals surface area contributed by atoms with Crippen LogP contribution in [0, 0.1) is 5.82 Å². The first-order valence-corrected chi connectivity index (χ1v) is 11.7. The average molecular weight is 456 g/mol. The van der Waals surface area contributed by atoms with Crippen molar-refractivity contribution in [2.75, 3.05) is 25.2 Å². The Morgan fingerprint density at radius 2 is 1.81 bits per heavy atom. The number of anilines is 1. The van der Waals surface area contributed by atoms with Gasteiger partial charge in [0.25, 0.3) is 0 Å². The Bertz CT molecular complexity index is 1050. The van der Waals surface area contributed by atoms with E-state index >= 15 is 0 Å². The Kier molecular flexibility index (Phi) is 8.04. The minimum absolute atomic E-state index is 0.0156. The van der Waals surface area contributed by atoms with Gasteiger partial charge in [0, 0.05) is 11.4 Å². The molecule has 2 aromatic carbocycles. The topological polar surface area (TPSA) is 63.1 Å². The highest BCUT2D eigenvalue weighted by Crippen LogP contribution is 2.29. The number of hydrogen-bond acceptors (Lipinski definition) is 5. The first-order chi connectivity index (χ1) is 15.3. The number of rotatable bonds is 9. The number of carbonyl (C=O) groups excluding carboxylic acids is 1. The summed E-state index contributed by atoms with van der Waals surface area (Å²) in [4.78, 5) is 14.8. The molecule has 0 aliphatic heterocycles. The summed E-state index contributed by atoms with van der Waals surface area (Å²) in [6.45, 7) is 6.31. The fourth-order valence-electron chi connectivity index (χ4n) is 3.29. The van der Waals surface area contributed by atoms with E-state index in [1.807, 2.05) is 48.7 Å². The van der Waals surface area contributed by atoms with Crippen molar-refractivity contribution in [1.29, 1.82) is 0 Å². The lowest BCUT2D eigenvalue weighted by Gasteiger charge is -2.20. The SMILES string of the molecule is CC[C@@H](C)c1ccccc1NC(=O)CSc1nnc([C@H](C)N(C)C)n1-c1ccc(F)cc1. The summed E-state index contributed by atoms with van der Waals surface area (Å²) in [6, 6.07) is 14.1. The van der Waals surface area contributed by atoms with Crippen LogP contribution in [0.3, 0.4) is 0 Å². The van der Waals surface area contributed by atoms with Gasteiger partial charge in [-0.1, -0.05) is 43.8 Å². The van der Waals surface area contributed by atoms with Crippen LogP contribution in [-0.4, -0.2) is 45.4 Å². The molecule has 0 spiro atoms. The molecule has 170 valence electrons. The summed E-state index contributed by atoms with van der Waals surface area (Å²) in [7, 11) is 3.92. The van der Waals surface area contributed by atoms with Gasteiger partial charge in [0.05, 0.1) is 11.8 Å². The zero-order chi connectivity index (χ0) is 23.3. The number of halogens is 1. The standard InChI is InChI=1S/C24H30FN5OS/c1-6-16(2)20-9-7-8-10-21(20)26-22(31)15-32-24-28-27-23(17(3)29(4)5)30(24)19-13-11-18(25)12-14-19/h7-14,16-17H,6,15H2,1-5H3,(H,26,31)/t16-,17+/m1/s1. The molecule has 1 amide bonds. The van der Waals surface area contributed by atoms with Crippen molar-refractivity contribution >= 4 is 23.4 Å². The molecule has 32 heavy (non-hydrogen) atoms. The molecule has 6 nitrogen and oxygen atoms in total. The Morgan fingerprint density at radius 1 is 1.12 bits per heavy atom. The van der Waals surface area contributed by atoms with Gasteiger partial charge in [-0.2, -0.15) is 0 Å². The second-order valence-corrected chi connectivity index (χ2v) is 8.97. The van der Waals surface area contributed by atoms with Gasteiger partial charge >= 0.3 is 0 Å². The molecule has 8 heteroatoms. The molecule has 0 radical (unpaired) electrons. The molecule has 0 fully saturated rings. The number of para-hydroxylation sites is 1. The third-order valence-electron chi connectivity index (χ3n) is 5.60. The van der Waals surface area contributed by atoms with Gasteiger partial charge in [0.15, 0.2) is 11.0 Å². The van der Waals surface area contributed by atoms with Crippen LogP contribution in [0.2, 0.25) is 0 Å². The van der Waals surface area contributed by atoms with Gasteiger partial charge in [0.1, 0.15) is 5.82 Å². The van der Waals surface area contributed by atoms with Crippen molar-refractivity contribution in [3.05, 3.63) is 65.7 Å². The highest BCUT2D eigenvalue weighted by atomic mass is 32.2. The third kappa shape index (κ3) is 5.55. The first-order valence-electron chi connectivity index (χ1n) is 10.7. The zero-order valence-corrected chi connectivity index (χ0v) is 20.0. The molecule has 1 N–H and O–H groups in total. The van der Waals surface area contributed by atoms with Gasteiger partial charge in [-0.3, -0.25) is 14.3 Å². The van der Waals surface area contributed by atoms with Crippen LogP contribution in [0.5, 0.6) is 0 Å². The van der Waals surface area contributed by atoms with E-state index in [-0.39, 0.29) is 23.5 Å². The van der Waals surface area contributed by atoms with E-state index < -0.39 is 0 Å². The Balaban J connectivity index is 1.81. The summed E-state index contributed by atoms with van der Waals surface area (Å²) >= 11 is 1.31. The maximum atomic E-state index is 13.5. The summed E-state index contributed by atoms with van der Waals surface area (Å²) in [5, 5.41) is 12.3. The summed E-state index contributed by atoms with van der Waals surface area (Å²) < 4.78 is 15.4. The smallest absolute Gasteiger partial charge is 0.234 e. The number of nitrogens with zero attached hydrogens (tertiary/aromatic N) is 4. The number of thioether (sulfide) groups is 1. The summed E-state index contributed by atoms with van der Waals surface area (Å²) in [5.41, 5.74) is 2.73. The van der Waals surface area contributed by atoms with E-state index in [0.717, 1.165) is 29.2 Å². The highest BCUT2D eigenvalue weighted by Gasteiger charge is 2.22. The molecule has 0 saturated heterocycles. The molecule has 0 saturated carbocycles. The van der Waals surface area contributed by atoms with E-state index in [2.05, 4.69) is 35.4 Å². The van der Waals surface area contributed by atoms with Gasteiger partial charge in [-0.05, 0) is 69.3 Å². The zero-order valence-electron chi connectivity index (χ0n) is 19.2. The molecule has 0 bridgehead atoms. The number of hydrogen-bond donors (Lipinski definition) is 1. The van der Waals surface area contributed by atoms with E-state index in [9.17, 15) is 9.18 Å². The van der Waals surface area contributed by atoms with Crippen LogP contribution in [0.4, 0.5) is 10.1 Å². The molecule has 2 atom stereocenters. The minimum Gasteiger partial charge on any atom is -0.325 e. The molecule has 3 rings (SSSR count). The quantitative estimate of drug-likeness (QED) is 0.445. The Morgan fingerprint density at radius 3 is 2.47 bits per heavy atom. The lowest BCUT2D eigenvalue weighted by Crippen LogP contribution is -2.21. The van der Waals surface area contributed by atoms with Crippen molar-refractivity contribution in [3.8, 4) is 5.69 Å². The van der Waals surface area contributed by atoms with E-state index in [1.165, 1.54) is 23.9 Å². The summed E-state index contributed by atoms with van der Waals surface area (Å²) in [5.74, 6) is 0.853. The monoisotopic (exact) mass is 455 g/mol. The van der Waals surface area contributed by atoms with Crippen LogP contribution in [0.1, 0.15) is 50.5 Å². The molecule has 0 aliphatic carbocycles. The van der Waals surface area contributed by atoms with Crippen molar-refractivity contribution in [1.82, 2.24) is 19.7 Å². The number of aromatic nitrogens is 3. The second-order valence-electron chi connectivity index (χ2n) is 8.03. The maximum Gasteiger partial charge on any atom is 0.234 e. The highest BCUT2D eigenvalue weighted by molar-refractivity contribution is 7.99. The lowest BCUT2D eigenvalue weighted by atomic mass is 9.97. The van der Waals surface area contributed by atoms with Crippen molar-refractivity contribution in [2.45, 2.75) is 44.3 Å². The van der Waals surface area contributed by atoms with Gasteiger partial charge in [-0.25, -0.2) is 4.39 Å². The van der Waals surface area contributed by atoms with Gasteiger partial charge < -0.3 is 5.32 Å². The molecule has 1 aromatic heterocycles. The molecular formula is C24H30FN5OS. The molecule has 0 aliphatic rings. The number of benzene rings is 2. The molecule has 1 heterocycles. The maximum absolute atomic E-state index is 13.5. The fourth-order valence-corrected chi connectivity index (χ4v) is 4.04. The van der Waals surface area contributed by atoms with Crippen molar-refractivity contribution < 1.29 is 9.18 Å². The molecule has 0 unspecified atom stereocenters. The molecule has 3 aromatic rings. The number of amides is 1. The lowest BCUT2D eigenvalue weighted by molar-refractivity contribution is -0.113. The van der Waals surface area contributed by atoms with Crippen LogP contribution >= 0.6 is 11.8 Å². The summed E-state index contributed by atoms with van der Waals surface area (Å²) in [6.07, 6.45) is 0.995. The van der Waals surface area contributed by atoms with Gasteiger partial charge in [0.2, 0.25) is 5.91 Å². The second kappa shape index (κ2) is 10.7. The van der Waals surface area contributed by atoms with Crippen LogP contribution in [0.15, 0.2) is 53.7 Å². The minimum atomic E-state index is -0.308. The first kappa shape index (κ1) is 23.9. The number of carbonyl (C=O) groups is 1. The largest absolute Gasteiger partial charge is 0.325 e. The van der Waals surface area contributed by atoms with Crippen molar-refractivity contribution in [2.24, 2.45) is 0 Å². The van der Waals surface area contributed by atoms with Gasteiger partial charge in [-0.15, -0.1) is 10.2 Å². The third-order valence-corrected chi connectivity index (χ3v) is 6.53. The van der Waals surface area contributed by atoms with Crippen LogP contribution < -0.4 is 5.32 Å². The van der Waals surface area contributed by atoms with E-state index in [4.69, 9.17) is 0 Å². The fraction of sp³-hybridized carbons (Fsp3) is 0.375. The average Bonchev–Trinajstić information content (AvgIpc) is 3.21. The predicted octanol–water partition coefficient (Wildman–Crippen LogP) is 5.27. The Hall–Kier alpha value is -2.71. The van der Waals surface area contributed by atoms with Crippen LogP contribution in [-0.2, 0) is 4.79 Å². The van der Waals surface area contributed by atoms with E-state index in [0.29, 0.717) is 11.1 Å². The predicted molar refractivity (Wildman–Crippen MR) is 128 cm³/mol. The number of nitrogens with one attached hydrogen (secondary N) is 1. The molecular weight excluding hydrogens is 425 g/mol. The van der Waals surface area contributed by atoms with E-state index in [1.54, 1.807) is 12.1 Å². The Labute approximate surface area is 193 Å². The van der Waals surface area contributed by atoms with Crippen LogP contribution in [0.25, 0.3) is 5.69 Å². The normalized spacial score (nSPS) is 13.2. The van der Waals surface area contributed by atoms with Crippen molar-refractivity contribution in [3.63, 3.8) is 0 Å².